The van der Waals surface area contributed by atoms with E-state index in [1.54, 1.807) is 30.3 Å². The molecule has 0 saturated carbocycles. The molecular formula is C13H14F6O. The summed E-state index contributed by atoms with van der Waals surface area (Å²) in [5, 5.41) is 8.83. The first kappa shape index (κ1) is 16.8. The smallest absolute Gasteiger partial charge is 0.383 e. The monoisotopic (exact) mass is 300 g/mol. The molecule has 1 rings (SSSR count). The van der Waals surface area contributed by atoms with Crippen LogP contribution in [0.2, 0.25) is 0 Å². The van der Waals surface area contributed by atoms with Crippen LogP contribution in [0, 0.1) is 0 Å². The standard InChI is InChI=1S/C13H14F6O/c14-10(11(20)12(15,16)13(17,18)19)8-4-7-9-5-2-1-3-6-9/h1-3,5-6,10-11,20H,4,7-8H2. The van der Waals surface area contributed by atoms with Crippen LogP contribution in [-0.2, 0) is 6.42 Å². The van der Waals surface area contributed by atoms with Gasteiger partial charge in [-0.05, 0) is 24.8 Å². The molecule has 1 aromatic rings. The Hall–Kier alpha value is -1.24. The Morgan fingerprint density at radius 1 is 1.00 bits per heavy atom. The van der Waals surface area contributed by atoms with Gasteiger partial charge in [-0.1, -0.05) is 30.3 Å². The number of benzene rings is 1. The lowest BCUT2D eigenvalue weighted by atomic mass is 10.0. The van der Waals surface area contributed by atoms with Gasteiger partial charge in [0.05, 0.1) is 0 Å². The van der Waals surface area contributed by atoms with Crippen molar-refractivity contribution in [1.29, 1.82) is 0 Å². The Morgan fingerprint density at radius 3 is 2.05 bits per heavy atom. The molecule has 0 amide bonds. The summed E-state index contributed by atoms with van der Waals surface area (Å²) in [5.74, 6) is -5.45. The predicted octanol–water partition coefficient (Wildman–Crippen LogP) is 3.91. The largest absolute Gasteiger partial charge is 0.456 e. The topological polar surface area (TPSA) is 20.2 Å². The Balaban J connectivity index is 2.48. The van der Waals surface area contributed by atoms with Gasteiger partial charge in [0.1, 0.15) is 6.17 Å². The second-order valence-corrected chi connectivity index (χ2v) is 4.46. The first-order valence-corrected chi connectivity index (χ1v) is 5.97. The fraction of sp³-hybridized carbons (Fsp3) is 0.538. The van der Waals surface area contributed by atoms with Gasteiger partial charge >= 0.3 is 12.1 Å². The normalized spacial score (nSPS) is 15.9. The van der Waals surface area contributed by atoms with E-state index in [-0.39, 0.29) is 6.42 Å². The number of aliphatic hydroxyl groups excluding tert-OH is 1. The van der Waals surface area contributed by atoms with Gasteiger partial charge in [-0.25, -0.2) is 4.39 Å². The highest BCUT2D eigenvalue weighted by Crippen LogP contribution is 2.40. The third kappa shape index (κ3) is 4.13. The lowest BCUT2D eigenvalue weighted by Crippen LogP contribution is -2.51. The highest BCUT2D eigenvalue weighted by molar-refractivity contribution is 5.14. The molecule has 0 aliphatic heterocycles. The molecule has 0 aliphatic carbocycles. The van der Waals surface area contributed by atoms with Crippen molar-refractivity contribution < 1.29 is 31.4 Å². The Bertz CT molecular complexity index is 403. The Morgan fingerprint density at radius 2 is 1.55 bits per heavy atom. The number of aryl methyl sites for hydroxylation is 1. The van der Waals surface area contributed by atoms with Crippen molar-refractivity contribution in [2.45, 2.75) is 43.6 Å². The summed E-state index contributed by atoms with van der Waals surface area (Å²) in [6.45, 7) is 0. The molecular weight excluding hydrogens is 286 g/mol. The molecule has 0 fully saturated rings. The number of hydrogen-bond acceptors (Lipinski definition) is 1. The average Bonchev–Trinajstić information content (AvgIpc) is 2.37. The molecule has 0 spiro atoms. The minimum atomic E-state index is -5.96. The third-order valence-corrected chi connectivity index (χ3v) is 2.88. The van der Waals surface area contributed by atoms with Crippen molar-refractivity contribution in [1.82, 2.24) is 0 Å². The predicted molar refractivity (Wildman–Crippen MR) is 61.3 cm³/mol. The fourth-order valence-corrected chi connectivity index (χ4v) is 1.70. The van der Waals surface area contributed by atoms with Crippen LogP contribution in [0.15, 0.2) is 30.3 Å². The maximum Gasteiger partial charge on any atom is 0.456 e. The van der Waals surface area contributed by atoms with Crippen molar-refractivity contribution in [2.75, 3.05) is 0 Å². The minimum Gasteiger partial charge on any atom is -0.383 e. The van der Waals surface area contributed by atoms with Gasteiger partial charge < -0.3 is 5.11 Å². The number of rotatable bonds is 6. The summed E-state index contributed by atoms with van der Waals surface area (Å²) < 4.78 is 74.6. The molecule has 0 radical (unpaired) electrons. The molecule has 7 heteroatoms. The minimum absolute atomic E-state index is 0.0657. The van der Waals surface area contributed by atoms with Gasteiger partial charge in [-0.15, -0.1) is 0 Å². The van der Waals surface area contributed by atoms with Gasteiger partial charge in [0.15, 0.2) is 6.10 Å². The molecule has 1 aromatic carbocycles. The van der Waals surface area contributed by atoms with E-state index in [4.69, 9.17) is 5.11 Å². The SMILES string of the molecule is OC(C(F)CCCc1ccccc1)C(F)(F)C(F)(F)F. The first-order chi connectivity index (χ1) is 9.16. The van der Waals surface area contributed by atoms with Gasteiger partial charge in [-0.2, -0.15) is 22.0 Å². The Kier molecular flexibility index (Phi) is 5.44. The second kappa shape index (κ2) is 6.47. The number of alkyl halides is 6. The number of halogens is 6. The van der Waals surface area contributed by atoms with Crippen LogP contribution in [0.3, 0.4) is 0 Å². The van der Waals surface area contributed by atoms with Gasteiger partial charge in [0.2, 0.25) is 0 Å². The second-order valence-electron chi connectivity index (χ2n) is 4.46. The summed E-state index contributed by atoms with van der Waals surface area (Å²) >= 11 is 0. The van der Waals surface area contributed by atoms with Gasteiger partial charge in [0, 0.05) is 0 Å². The van der Waals surface area contributed by atoms with Gasteiger partial charge in [-0.3, -0.25) is 0 Å². The van der Waals surface area contributed by atoms with E-state index >= 15 is 0 Å². The van der Waals surface area contributed by atoms with E-state index in [2.05, 4.69) is 0 Å². The quantitative estimate of drug-likeness (QED) is 0.790. The molecule has 20 heavy (non-hydrogen) atoms. The number of hydrogen-bond donors (Lipinski definition) is 1. The van der Waals surface area contributed by atoms with E-state index in [9.17, 15) is 26.3 Å². The molecule has 0 aliphatic rings. The summed E-state index contributed by atoms with van der Waals surface area (Å²) in [6.07, 6.45) is -12.1. The van der Waals surface area contributed by atoms with Crippen LogP contribution in [0.25, 0.3) is 0 Å². The highest BCUT2D eigenvalue weighted by atomic mass is 19.4. The van der Waals surface area contributed by atoms with Crippen molar-refractivity contribution in [3.8, 4) is 0 Å². The fourth-order valence-electron chi connectivity index (χ4n) is 1.70. The van der Waals surface area contributed by atoms with Crippen LogP contribution in [0.4, 0.5) is 26.3 Å². The zero-order valence-corrected chi connectivity index (χ0v) is 10.4. The van der Waals surface area contributed by atoms with Gasteiger partial charge in [0.25, 0.3) is 0 Å². The van der Waals surface area contributed by atoms with Crippen LogP contribution < -0.4 is 0 Å². The lowest BCUT2D eigenvalue weighted by Gasteiger charge is -2.26. The van der Waals surface area contributed by atoms with E-state index in [1.165, 1.54) is 0 Å². The molecule has 0 aromatic heterocycles. The lowest BCUT2D eigenvalue weighted by molar-refractivity contribution is -0.320. The van der Waals surface area contributed by atoms with Crippen molar-refractivity contribution in [2.24, 2.45) is 0 Å². The zero-order chi connectivity index (χ0) is 15.4. The molecule has 0 bridgehead atoms. The summed E-state index contributed by atoms with van der Waals surface area (Å²) in [7, 11) is 0. The van der Waals surface area contributed by atoms with Crippen LogP contribution in [-0.4, -0.2) is 29.5 Å². The van der Waals surface area contributed by atoms with Crippen molar-refractivity contribution in [3.63, 3.8) is 0 Å². The summed E-state index contributed by atoms with van der Waals surface area (Å²) in [5.41, 5.74) is 0.816. The van der Waals surface area contributed by atoms with Crippen LogP contribution in [0.5, 0.6) is 0 Å². The first-order valence-electron chi connectivity index (χ1n) is 5.97. The van der Waals surface area contributed by atoms with Crippen molar-refractivity contribution in [3.05, 3.63) is 35.9 Å². The van der Waals surface area contributed by atoms with Crippen molar-refractivity contribution >= 4 is 0 Å². The van der Waals surface area contributed by atoms with E-state index in [0.717, 1.165) is 5.56 Å². The summed E-state index contributed by atoms with van der Waals surface area (Å²) in [4.78, 5) is 0. The maximum atomic E-state index is 13.3. The molecule has 2 unspecified atom stereocenters. The molecule has 1 nitrogen and oxygen atoms in total. The zero-order valence-electron chi connectivity index (χ0n) is 10.4. The van der Waals surface area contributed by atoms with Crippen LogP contribution in [0.1, 0.15) is 18.4 Å². The molecule has 0 heterocycles. The molecule has 2 atom stereocenters. The van der Waals surface area contributed by atoms with Crippen LogP contribution >= 0.6 is 0 Å². The molecule has 1 N–H and O–H groups in total. The highest BCUT2D eigenvalue weighted by Gasteiger charge is 2.64. The van der Waals surface area contributed by atoms with E-state index in [1.807, 2.05) is 0 Å². The molecule has 0 saturated heterocycles. The van der Waals surface area contributed by atoms with E-state index < -0.39 is 30.8 Å². The van der Waals surface area contributed by atoms with E-state index in [0.29, 0.717) is 6.42 Å². The molecule has 114 valence electrons. The average molecular weight is 300 g/mol. The maximum absolute atomic E-state index is 13.3. The Labute approximate surface area is 112 Å². The number of aliphatic hydroxyl groups is 1. The summed E-state index contributed by atoms with van der Waals surface area (Å²) in [6, 6.07) is 8.68. The third-order valence-electron chi connectivity index (χ3n) is 2.88.